The summed E-state index contributed by atoms with van der Waals surface area (Å²) in [4.78, 5) is 30.1. The highest BCUT2D eigenvalue weighted by Crippen LogP contribution is 2.28. The minimum absolute atomic E-state index is 0.134. The van der Waals surface area contributed by atoms with E-state index >= 15 is 0 Å². The third-order valence-electron chi connectivity index (χ3n) is 4.53. The van der Waals surface area contributed by atoms with Crippen LogP contribution >= 0.6 is 11.3 Å². The second-order valence-electron chi connectivity index (χ2n) is 6.80. The Morgan fingerprint density at radius 3 is 2.60 bits per heavy atom. The average molecular weight is 443 g/mol. The molecule has 0 aliphatic rings. The molecular weight excluding hydrogens is 424 g/mol. The molecule has 2 aromatic heterocycles. The number of benzene rings is 2. The number of carbonyl (C=O) groups excluding carboxylic acids is 1. The average Bonchev–Trinajstić information content (AvgIpc) is 3.11. The number of hydrogen-bond donors (Lipinski definition) is 1. The lowest BCUT2D eigenvalue weighted by Gasteiger charge is -2.09. The van der Waals surface area contributed by atoms with Crippen molar-refractivity contribution >= 4 is 53.2 Å². The predicted octanol–water partition coefficient (Wildman–Crippen LogP) is 3.07. The standard InChI is InChI=1S/C20H18N4O4S2/c1-3-10-24-19(26)14-7-5-4-6-13(14)17(23-24)18(25)22-20-21-15-9-8-12(30(2,27)28)11-16(15)29-20/h4-9,11H,3,10H2,1-2H3,(H,21,22,25). The van der Waals surface area contributed by atoms with Crippen LogP contribution in [-0.2, 0) is 16.4 Å². The molecule has 4 rings (SSSR count). The molecule has 0 spiro atoms. The normalized spacial score (nSPS) is 11.8. The number of hydrogen-bond acceptors (Lipinski definition) is 7. The molecule has 0 saturated heterocycles. The smallest absolute Gasteiger partial charge is 0.278 e. The molecule has 1 amide bonds. The van der Waals surface area contributed by atoms with Crippen LogP contribution in [0.3, 0.4) is 0 Å². The lowest BCUT2D eigenvalue weighted by atomic mass is 10.1. The first-order chi connectivity index (χ1) is 14.3. The van der Waals surface area contributed by atoms with E-state index in [1.165, 1.54) is 28.2 Å². The number of sulfone groups is 1. The number of rotatable bonds is 5. The number of nitrogens with zero attached hydrogens (tertiary/aromatic N) is 3. The second-order valence-corrected chi connectivity index (χ2v) is 9.84. The highest BCUT2D eigenvalue weighted by atomic mass is 32.2. The van der Waals surface area contributed by atoms with Gasteiger partial charge >= 0.3 is 0 Å². The zero-order chi connectivity index (χ0) is 21.5. The van der Waals surface area contributed by atoms with Gasteiger partial charge in [-0.1, -0.05) is 36.5 Å². The van der Waals surface area contributed by atoms with Gasteiger partial charge in [-0.05, 0) is 30.7 Å². The van der Waals surface area contributed by atoms with Gasteiger partial charge in [-0.2, -0.15) is 5.10 Å². The molecule has 0 radical (unpaired) electrons. The maximum atomic E-state index is 13.0. The summed E-state index contributed by atoms with van der Waals surface area (Å²) >= 11 is 1.17. The van der Waals surface area contributed by atoms with Gasteiger partial charge in [-0.3, -0.25) is 14.9 Å². The molecule has 2 heterocycles. The van der Waals surface area contributed by atoms with Gasteiger partial charge in [0.15, 0.2) is 20.7 Å². The van der Waals surface area contributed by atoms with E-state index < -0.39 is 15.7 Å². The van der Waals surface area contributed by atoms with Crippen LogP contribution in [-0.4, -0.2) is 35.3 Å². The van der Waals surface area contributed by atoms with Crippen molar-refractivity contribution in [3.8, 4) is 0 Å². The maximum Gasteiger partial charge on any atom is 0.278 e. The molecule has 0 atom stereocenters. The fourth-order valence-corrected chi connectivity index (χ4v) is 4.73. The van der Waals surface area contributed by atoms with Crippen molar-refractivity contribution in [3.63, 3.8) is 0 Å². The minimum atomic E-state index is -3.34. The van der Waals surface area contributed by atoms with Crippen LogP contribution in [0.2, 0.25) is 0 Å². The number of thiazole rings is 1. The molecule has 0 aliphatic carbocycles. The molecule has 1 N–H and O–H groups in total. The first kappa shape index (κ1) is 20.2. The fourth-order valence-electron chi connectivity index (χ4n) is 3.11. The van der Waals surface area contributed by atoms with E-state index in [4.69, 9.17) is 0 Å². The summed E-state index contributed by atoms with van der Waals surface area (Å²) in [5.74, 6) is -0.488. The number of carbonyl (C=O) groups is 1. The molecule has 4 aromatic rings. The van der Waals surface area contributed by atoms with Crippen molar-refractivity contribution in [2.75, 3.05) is 11.6 Å². The van der Waals surface area contributed by atoms with Crippen molar-refractivity contribution in [1.82, 2.24) is 14.8 Å². The van der Waals surface area contributed by atoms with E-state index in [0.717, 1.165) is 6.26 Å². The van der Waals surface area contributed by atoms with Gasteiger partial charge in [0, 0.05) is 18.2 Å². The molecule has 0 fully saturated rings. The number of aryl methyl sites for hydroxylation is 1. The highest BCUT2D eigenvalue weighted by molar-refractivity contribution is 7.90. The second kappa shape index (κ2) is 7.62. The molecule has 154 valence electrons. The van der Waals surface area contributed by atoms with Gasteiger partial charge in [0.1, 0.15) is 0 Å². The zero-order valence-corrected chi connectivity index (χ0v) is 17.9. The molecule has 0 unspecified atom stereocenters. The third-order valence-corrected chi connectivity index (χ3v) is 6.57. The summed E-state index contributed by atoms with van der Waals surface area (Å²) < 4.78 is 25.5. The largest absolute Gasteiger partial charge is 0.296 e. The Morgan fingerprint density at radius 2 is 1.90 bits per heavy atom. The van der Waals surface area contributed by atoms with E-state index in [1.807, 2.05) is 6.92 Å². The van der Waals surface area contributed by atoms with Gasteiger partial charge in [0.25, 0.3) is 11.5 Å². The Bertz CT molecular complexity index is 1450. The summed E-state index contributed by atoms with van der Waals surface area (Å²) in [5.41, 5.74) is 0.475. The Morgan fingerprint density at radius 1 is 1.17 bits per heavy atom. The van der Waals surface area contributed by atoms with Crippen LogP contribution in [0.4, 0.5) is 5.13 Å². The van der Waals surface area contributed by atoms with Crippen molar-refractivity contribution in [2.24, 2.45) is 0 Å². The van der Waals surface area contributed by atoms with E-state index in [1.54, 1.807) is 30.3 Å². The van der Waals surface area contributed by atoms with Crippen molar-refractivity contribution in [3.05, 3.63) is 58.5 Å². The molecule has 30 heavy (non-hydrogen) atoms. The molecular formula is C20H18N4O4S2. The summed E-state index contributed by atoms with van der Waals surface area (Å²) in [5, 5.41) is 8.21. The highest BCUT2D eigenvalue weighted by Gasteiger charge is 2.18. The zero-order valence-electron chi connectivity index (χ0n) is 16.2. The molecule has 0 saturated carbocycles. The summed E-state index contributed by atoms with van der Waals surface area (Å²) in [6.07, 6.45) is 1.84. The van der Waals surface area contributed by atoms with Crippen LogP contribution < -0.4 is 10.9 Å². The van der Waals surface area contributed by atoms with Gasteiger partial charge in [-0.25, -0.2) is 18.1 Å². The van der Waals surface area contributed by atoms with Crippen LogP contribution in [0.25, 0.3) is 21.0 Å². The molecule has 8 nitrogen and oxygen atoms in total. The Hall–Kier alpha value is -3.11. The van der Waals surface area contributed by atoms with Gasteiger partial charge in [-0.15, -0.1) is 0 Å². The monoisotopic (exact) mass is 442 g/mol. The van der Waals surface area contributed by atoms with Gasteiger partial charge in [0.05, 0.1) is 20.5 Å². The summed E-state index contributed by atoms with van der Waals surface area (Å²) in [7, 11) is -3.34. The quantitative estimate of drug-likeness (QED) is 0.508. The molecule has 0 bridgehead atoms. The fraction of sp³-hybridized carbons (Fsp3) is 0.200. The summed E-state index contributed by atoms with van der Waals surface area (Å²) in [6, 6.07) is 11.5. The topological polar surface area (TPSA) is 111 Å². The van der Waals surface area contributed by atoms with Crippen molar-refractivity contribution in [1.29, 1.82) is 0 Å². The minimum Gasteiger partial charge on any atom is -0.296 e. The molecule has 10 heteroatoms. The van der Waals surface area contributed by atoms with Crippen molar-refractivity contribution in [2.45, 2.75) is 24.8 Å². The molecule has 2 aromatic carbocycles. The first-order valence-corrected chi connectivity index (χ1v) is 11.9. The summed E-state index contributed by atoms with van der Waals surface area (Å²) in [6.45, 7) is 2.33. The number of amides is 1. The van der Waals surface area contributed by atoms with Gasteiger partial charge in [0.2, 0.25) is 0 Å². The molecule has 0 aliphatic heterocycles. The van der Waals surface area contributed by atoms with Crippen LogP contribution in [0, 0.1) is 0 Å². The Kier molecular flexibility index (Phi) is 5.12. The number of fused-ring (bicyclic) bond motifs is 2. The van der Waals surface area contributed by atoms with E-state index in [-0.39, 0.29) is 16.1 Å². The van der Waals surface area contributed by atoms with E-state index in [2.05, 4.69) is 15.4 Å². The van der Waals surface area contributed by atoms with Crippen molar-refractivity contribution < 1.29 is 13.2 Å². The predicted molar refractivity (Wildman–Crippen MR) is 117 cm³/mol. The third kappa shape index (κ3) is 3.71. The van der Waals surface area contributed by atoms with E-state index in [9.17, 15) is 18.0 Å². The van der Waals surface area contributed by atoms with E-state index in [0.29, 0.717) is 39.1 Å². The Labute approximate surface area is 176 Å². The van der Waals surface area contributed by atoms with Crippen LogP contribution in [0.5, 0.6) is 0 Å². The SMILES string of the molecule is CCCn1nc(C(=O)Nc2nc3ccc(S(C)(=O)=O)cc3s2)c2ccccc2c1=O. The number of aromatic nitrogens is 3. The maximum absolute atomic E-state index is 13.0. The lowest BCUT2D eigenvalue weighted by Crippen LogP contribution is -2.27. The van der Waals surface area contributed by atoms with Gasteiger partial charge < -0.3 is 0 Å². The van der Waals surface area contributed by atoms with Crippen LogP contribution in [0.1, 0.15) is 23.8 Å². The van der Waals surface area contributed by atoms with Crippen LogP contribution in [0.15, 0.2) is 52.2 Å². The first-order valence-electron chi connectivity index (χ1n) is 9.20. The number of anilines is 1. The Balaban J connectivity index is 1.74. The number of nitrogens with one attached hydrogen (secondary N) is 1. The lowest BCUT2D eigenvalue weighted by molar-refractivity contribution is 0.102.